The molecule has 7 nitrogen and oxygen atoms in total. The van der Waals surface area contributed by atoms with Gasteiger partial charge in [-0.05, 0) is 29.8 Å². The highest BCUT2D eigenvalue weighted by Gasteiger charge is 2.19. The smallest absolute Gasteiger partial charge is 0.357 e. The van der Waals surface area contributed by atoms with E-state index in [0.29, 0.717) is 15.9 Å². The molecule has 0 saturated carbocycles. The van der Waals surface area contributed by atoms with Crippen LogP contribution in [0.2, 0.25) is 5.02 Å². The van der Waals surface area contributed by atoms with E-state index in [0.717, 1.165) is 43.0 Å². The molecule has 0 radical (unpaired) electrons. The van der Waals surface area contributed by atoms with Crippen LogP contribution in [0.3, 0.4) is 0 Å². The third-order valence-corrected chi connectivity index (χ3v) is 5.43. The molecule has 0 aliphatic carbocycles. The monoisotopic (exact) mass is 398 g/mol. The van der Waals surface area contributed by atoms with Gasteiger partial charge in [-0.15, -0.1) is 0 Å². The summed E-state index contributed by atoms with van der Waals surface area (Å²) in [7, 11) is 0. The van der Waals surface area contributed by atoms with Crippen LogP contribution in [0.15, 0.2) is 36.4 Å². The molecule has 1 amide bonds. The van der Waals surface area contributed by atoms with Gasteiger partial charge in [0.1, 0.15) is 0 Å². The Morgan fingerprint density at radius 1 is 1.11 bits per heavy atom. The lowest BCUT2D eigenvalue weighted by atomic mass is 10.0. The number of aromatic nitrogens is 2. The van der Waals surface area contributed by atoms with Gasteiger partial charge >= 0.3 is 5.97 Å². The fraction of sp³-hybridized carbons (Fsp3) is 0.250. The van der Waals surface area contributed by atoms with Gasteiger partial charge in [-0.2, -0.15) is 5.10 Å². The molecule has 0 spiro atoms. The molecule has 0 atom stereocenters. The second kappa shape index (κ2) is 7.16. The first-order chi connectivity index (χ1) is 13.4. The number of carbonyl (C=O) groups is 2. The number of amides is 1. The van der Waals surface area contributed by atoms with Crippen molar-refractivity contribution in [2.75, 3.05) is 31.1 Å². The maximum absolute atomic E-state index is 11.5. The summed E-state index contributed by atoms with van der Waals surface area (Å²) >= 11 is 6.42. The fourth-order valence-corrected chi connectivity index (χ4v) is 3.83. The number of hydrogen-bond donors (Lipinski definition) is 2. The van der Waals surface area contributed by atoms with Crippen LogP contribution in [0.25, 0.3) is 22.0 Å². The number of H-pyrrole nitrogens is 1. The molecule has 4 rings (SSSR count). The summed E-state index contributed by atoms with van der Waals surface area (Å²) in [6.07, 6.45) is 0. The minimum absolute atomic E-state index is 0.0205. The Kier molecular flexibility index (Phi) is 4.68. The molecule has 0 unspecified atom stereocenters. The fourth-order valence-electron chi connectivity index (χ4n) is 3.55. The van der Waals surface area contributed by atoms with E-state index in [4.69, 9.17) is 11.6 Å². The average Bonchev–Trinajstić information content (AvgIpc) is 3.10. The Bertz CT molecular complexity index is 1050. The summed E-state index contributed by atoms with van der Waals surface area (Å²) < 4.78 is 0. The number of nitrogens with one attached hydrogen (secondary N) is 1. The maximum Gasteiger partial charge on any atom is 0.357 e. The van der Waals surface area contributed by atoms with Gasteiger partial charge < -0.3 is 14.9 Å². The van der Waals surface area contributed by atoms with Crippen LogP contribution in [-0.2, 0) is 4.79 Å². The van der Waals surface area contributed by atoms with E-state index in [1.807, 2.05) is 29.2 Å². The third-order valence-electron chi connectivity index (χ3n) is 5.12. The van der Waals surface area contributed by atoms with Gasteiger partial charge in [0.05, 0.1) is 10.5 Å². The molecule has 1 saturated heterocycles. The molecule has 8 heteroatoms. The van der Waals surface area contributed by atoms with Gasteiger partial charge in [0.15, 0.2) is 5.69 Å². The minimum atomic E-state index is -1.08. The second-order valence-electron chi connectivity index (χ2n) is 6.79. The third kappa shape index (κ3) is 3.29. The number of nitrogens with zero attached hydrogens (tertiary/aromatic N) is 3. The number of aromatic carboxylic acids is 1. The van der Waals surface area contributed by atoms with E-state index in [2.05, 4.69) is 15.1 Å². The molecule has 28 heavy (non-hydrogen) atoms. The van der Waals surface area contributed by atoms with Gasteiger partial charge in [0.2, 0.25) is 5.91 Å². The Morgan fingerprint density at radius 2 is 1.79 bits per heavy atom. The Balaban J connectivity index is 1.60. The van der Waals surface area contributed by atoms with Crippen molar-refractivity contribution in [2.24, 2.45) is 0 Å². The highest BCUT2D eigenvalue weighted by atomic mass is 35.5. The first-order valence-corrected chi connectivity index (χ1v) is 9.33. The number of piperazine rings is 1. The van der Waals surface area contributed by atoms with E-state index >= 15 is 0 Å². The van der Waals surface area contributed by atoms with Crippen LogP contribution in [0.1, 0.15) is 17.4 Å². The molecule has 2 N–H and O–H groups in total. The first-order valence-electron chi connectivity index (χ1n) is 8.96. The van der Waals surface area contributed by atoms with Crippen molar-refractivity contribution in [3.63, 3.8) is 0 Å². The number of fused-ring (bicyclic) bond motifs is 1. The van der Waals surface area contributed by atoms with E-state index < -0.39 is 5.97 Å². The summed E-state index contributed by atoms with van der Waals surface area (Å²) in [5.74, 6) is -0.973. The normalized spacial score (nSPS) is 14.5. The molecule has 1 aromatic heterocycles. The van der Waals surface area contributed by atoms with E-state index in [1.165, 1.54) is 0 Å². The largest absolute Gasteiger partial charge is 0.476 e. The highest BCUT2D eigenvalue weighted by Crippen LogP contribution is 2.33. The van der Waals surface area contributed by atoms with Crippen molar-refractivity contribution in [1.29, 1.82) is 0 Å². The average molecular weight is 399 g/mol. The van der Waals surface area contributed by atoms with Gasteiger partial charge in [0, 0.05) is 49.7 Å². The molecule has 1 aliphatic rings. The Hall–Kier alpha value is -3.06. The number of carbonyl (C=O) groups excluding carboxylic acids is 1. The predicted molar refractivity (Wildman–Crippen MR) is 108 cm³/mol. The van der Waals surface area contributed by atoms with Gasteiger partial charge in [0.25, 0.3) is 0 Å². The topological polar surface area (TPSA) is 89.5 Å². The quantitative estimate of drug-likeness (QED) is 0.706. The van der Waals surface area contributed by atoms with Gasteiger partial charge in [-0.1, -0.05) is 23.7 Å². The lowest BCUT2D eigenvalue weighted by Gasteiger charge is -2.35. The number of carboxylic acids is 1. The van der Waals surface area contributed by atoms with Crippen molar-refractivity contribution >= 4 is 40.1 Å². The van der Waals surface area contributed by atoms with Crippen molar-refractivity contribution in [2.45, 2.75) is 6.92 Å². The number of aromatic amines is 1. The molecule has 0 bridgehead atoms. The molecule has 144 valence electrons. The van der Waals surface area contributed by atoms with Crippen LogP contribution < -0.4 is 4.90 Å². The molecular formula is C20H19ClN4O3. The van der Waals surface area contributed by atoms with E-state index in [-0.39, 0.29) is 11.6 Å². The van der Waals surface area contributed by atoms with E-state index in [1.54, 1.807) is 19.1 Å². The second-order valence-corrected chi connectivity index (χ2v) is 7.20. The molecular weight excluding hydrogens is 380 g/mol. The number of hydrogen-bond acceptors (Lipinski definition) is 4. The lowest BCUT2D eigenvalue weighted by Crippen LogP contribution is -2.48. The Labute approximate surface area is 166 Å². The van der Waals surface area contributed by atoms with Crippen LogP contribution >= 0.6 is 11.6 Å². The standard InChI is InChI=1S/C20H19ClN4O3/c1-12(26)24-6-8-25(9-7-24)14-4-2-13(3-5-14)15-10-16-18(11-17(15)21)22-23-19(16)20(27)28/h2-5,10-11H,6-9H2,1H3,(H,22,23)(H,27,28). The zero-order chi connectivity index (χ0) is 19.8. The SMILES string of the molecule is CC(=O)N1CCN(c2ccc(-c3cc4c(C(=O)O)n[nH]c4cc3Cl)cc2)CC1. The van der Waals surface area contributed by atoms with Crippen LogP contribution in [0.4, 0.5) is 5.69 Å². The summed E-state index contributed by atoms with van der Waals surface area (Å²) in [6.45, 7) is 4.63. The lowest BCUT2D eigenvalue weighted by molar-refractivity contribution is -0.129. The molecule has 2 heterocycles. The summed E-state index contributed by atoms with van der Waals surface area (Å²) in [5.41, 5.74) is 3.30. The zero-order valence-corrected chi connectivity index (χ0v) is 16.0. The predicted octanol–water partition coefficient (Wildman–Crippen LogP) is 3.25. The van der Waals surface area contributed by atoms with Crippen LogP contribution in [0, 0.1) is 0 Å². The van der Waals surface area contributed by atoms with Crippen molar-refractivity contribution in [3.05, 3.63) is 47.1 Å². The van der Waals surface area contributed by atoms with Crippen LogP contribution in [-0.4, -0.2) is 58.3 Å². The number of rotatable bonds is 3. The summed E-state index contributed by atoms with van der Waals surface area (Å²) in [4.78, 5) is 26.9. The molecule has 3 aromatic rings. The number of anilines is 1. The molecule has 2 aromatic carbocycles. The van der Waals surface area contributed by atoms with Gasteiger partial charge in [-0.25, -0.2) is 4.79 Å². The van der Waals surface area contributed by atoms with E-state index in [9.17, 15) is 14.7 Å². The number of halogens is 1. The number of carboxylic acid groups (broad SMARTS) is 1. The first kappa shape index (κ1) is 18.3. The minimum Gasteiger partial charge on any atom is -0.476 e. The molecule has 1 fully saturated rings. The highest BCUT2D eigenvalue weighted by molar-refractivity contribution is 6.34. The van der Waals surface area contributed by atoms with Crippen LogP contribution in [0.5, 0.6) is 0 Å². The number of benzene rings is 2. The van der Waals surface area contributed by atoms with Crippen molar-refractivity contribution in [1.82, 2.24) is 15.1 Å². The zero-order valence-electron chi connectivity index (χ0n) is 15.3. The molecule has 1 aliphatic heterocycles. The van der Waals surface area contributed by atoms with Gasteiger partial charge in [-0.3, -0.25) is 9.89 Å². The Morgan fingerprint density at radius 3 is 2.39 bits per heavy atom. The summed E-state index contributed by atoms with van der Waals surface area (Å²) in [6, 6.07) is 11.4. The maximum atomic E-state index is 11.5. The summed E-state index contributed by atoms with van der Waals surface area (Å²) in [5, 5.41) is 16.9. The van der Waals surface area contributed by atoms with Crippen molar-refractivity contribution in [3.8, 4) is 11.1 Å². The van der Waals surface area contributed by atoms with Crippen molar-refractivity contribution < 1.29 is 14.7 Å².